The number of rotatable bonds is 8. The molecule has 2 amide bonds. The van der Waals surface area contributed by atoms with Gasteiger partial charge in [0.05, 0.1) is 25.0 Å². The molecule has 0 spiro atoms. The van der Waals surface area contributed by atoms with Crippen LogP contribution in [0.1, 0.15) is 12.0 Å². The maximum absolute atomic E-state index is 12.5. The highest BCUT2D eigenvalue weighted by Gasteiger charge is 2.48. The molecular weight excluding hydrogens is 332 g/mol. The monoisotopic (exact) mass is 360 g/mol. The zero-order valence-corrected chi connectivity index (χ0v) is 15.4. The summed E-state index contributed by atoms with van der Waals surface area (Å²) >= 11 is 0. The standard InChI is InChI=1S/C19H28N4O3/c1-22(8-4-15-2-5-20-6-3-15)19(25)17-14-16(17)18(24)21-7-9-23-10-12-26-13-11-23/h2-3,5-6,16-17H,4,7-14H2,1H3,(H,21,24). The third-order valence-electron chi connectivity index (χ3n) is 5.14. The zero-order chi connectivity index (χ0) is 18.4. The molecule has 2 unspecified atom stereocenters. The summed E-state index contributed by atoms with van der Waals surface area (Å²) in [7, 11) is 1.81. The highest BCUT2D eigenvalue weighted by Crippen LogP contribution is 2.39. The first-order chi connectivity index (χ1) is 12.6. The van der Waals surface area contributed by atoms with Gasteiger partial charge in [-0.2, -0.15) is 0 Å². The minimum absolute atomic E-state index is 0.0131. The van der Waals surface area contributed by atoms with Crippen molar-refractivity contribution in [3.8, 4) is 0 Å². The third-order valence-corrected chi connectivity index (χ3v) is 5.14. The first kappa shape index (κ1) is 18.8. The van der Waals surface area contributed by atoms with Gasteiger partial charge in [-0.25, -0.2) is 0 Å². The van der Waals surface area contributed by atoms with Gasteiger partial charge in [-0.1, -0.05) is 0 Å². The number of carbonyl (C=O) groups excluding carboxylic acids is 2. The van der Waals surface area contributed by atoms with Gasteiger partial charge in [0.25, 0.3) is 0 Å². The van der Waals surface area contributed by atoms with E-state index in [1.54, 1.807) is 17.3 Å². The lowest BCUT2D eigenvalue weighted by Crippen LogP contribution is -2.41. The fourth-order valence-corrected chi connectivity index (χ4v) is 3.29. The Labute approximate surface area is 154 Å². The SMILES string of the molecule is CN(CCc1ccncc1)C(=O)C1CC1C(=O)NCCN1CCOCC1. The van der Waals surface area contributed by atoms with Crippen LogP contribution < -0.4 is 5.32 Å². The second kappa shape index (κ2) is 9.09. The highest BCUT2D eigenvalue weighted by molar-refractivity contribution is 5.92. The smallest absolute Gasteiger partial charge is 0.226 e. The van der Waals surface area contributed by atoms with Crippen LogP contribution in [-0.4, -0.2) is 79.6 Å². The number of pyridine rings is 1. The molecule has 1 aromatic heterocycles. The molecule has 2 fully saturated rings. The van der Waals surface area contributed by atoms with E-state index in [4.69, 9.17) is 4.74 Å². The molecule has 142 valence electrons. The summed E-state index contributed by atoms with van der Waals surface area (Å²) in [5.41, 5.74) is 1.16. The number of amides is 2. The molecule has 26 heavy (non-hydrogen) atoms. The van der Waals surface area contributed by atoms with Crippen LogP contribution in [0.5, 0.6) is 0 Å². The largest absolute Gasteiger partial charge is 0.379 e. The Kier molecular flexibility index (Phi) is 6.57. The van der Waals surface area contributed by atoms with Crippen molar-refractivity contribution in [3.63, 3.8) is 0 Å². The lowest BCUT2D eigenvalue weighted by Gasteiger charge is -2.26. The van der Waals surface area contributed by atoms with Crippen LogP contribution in [-0.2, 0) is 20.7 Å². The summed E-state index contributed by atoms with van der Waals surface area (Å²) in [5.74, 6) is -0.220. The van der Waals surface area contributed by atoms with Crippen molar-refractivity contribution in [2.45, 2.75) is 12.8 Å². The van der Waals surface area contributed by atoms with Crippen LogP contribution in [0.25, 0.3) is 0 Å². The molecule has 0 aromatic carbocycles. The molecule has 1 aromatic rings. The first-order valence-electron chi connectivity index (χ1n) is 9.37. The van der Waals surface area contributed by atoms with Crippen LogP contribution >= 0.6 is 0 Å². The Bertz CT molecular complexity index is 604. The van der Waals surface area contributed by atoms with Crippen LogP contribution in [0.2, 0.25) is 0 Å². The summed E-state index contributed by atoms with van der Waals surface area (Å²) in [6, 6.07) is 3.92. The predicted molar refractivity (Wildman–Crippen MR) is 97.4 cm³/mol. The number of aromatic nitrogens is 1. The molecule has 2 heterocycles. The molecule has 0 radical (unpaired) electrons. The maximum atomic E-state index is 12.5. The minimum atomic E-state index is -0.157. The van der Waals surface area contributed by atoms with Crippen molar-refractivity contribution in [2.75, 3.05) is 53.0 Å². The molecule has 0 bridgehead atoms. The summed E-state index contributed by atoms with van der Waals surface area (Å²) in [4.78, 5) is 32.7. The van der Waals surface area contributed by atoms with Crippen molar-refractivity contribution >= 4 is 11.8 Å². The zero-order valence-electron chi connectivity index (χ0n) is 15.4. The normalized spacial score (nSPS) is 22.7. The molecule has 2 atom stereocenters. The molecule has 1 aliphatic carbocycles. The van der Waals surface area contributed by atoms with Gasteiger partial charge in [-0.15, -0.1) is 0 Å². The number of ether oxygens (including phenoxy) is 1. The van der Waals surface area contributed by atoms with Crippen molar-refractivity contribution in [1.82, 2.24) is 20.1 Å². The topological polar surface area (TPSA) is 74.8 Å². The van der Waals surface area contributed by atoms with Gasteiger partial charge in [0.15, 0.2) is 0 Å². The van der Waals surface area contributed by atoms with Crippen LogP contribution in [0, 0.1) is 11.8 Å². The Hall–Kier alpha value is -1.99. The number of carbonyl (C=O) groups is 2. The fourth-order valence-electron chi connectivity index (χ4n) is 3.29. The van der Waals surface area contributed by atoms with E-state index in [0.29, 0.717) is 19.5 Å². The van der Waals surface area contributed by atoms with E-state index in [2.05, 4.69) is 15.2 Å². The third kappa shape index (κ3) is 5.25. The van der Waals surface area contributed by atoms with Crippen LogP contribution in [0.3, 0.4) is 0 Å². The summed E-state index contributed by atoms with van der Waals surface area (Å²) < 4.78 is 5.31. The molecule has 3 rings (SSSR count). The molecule has 1 N–H and O–H groups in total. The van der Waals surface area contributed by atoms with Gasteiger partial charge < -0.3 is 15.0 Å². The average molecular weight is 360 g/mol. The predicted octanol–water partition coefficient (Wildman–Crippen LogP) is 0.167. The van der Waals surface area contributed by atoms with Crippen LogP contribution in [0.15, 0.2) is 24.5 Å². The van der Waals surface area contributed by atoms with E-state index in [9.17, 15) is 9.59 Å². The molecule has 1 saturated heterocycles. The summed E-state index contributed by atoms with van der Waals surface area (Å²) in [6.07, 6.45) is 4.99. The van der Waals surface area contributed by atoms with Crippen molar-refractivity contribution in [3.05, 3.63) is 30.1 Å². The quantitative estimate of drug-likeness (QED) is 0.715. The number of hydrogen-bond acceptors (Lipinski definition) is 5. The van der Waals surface area contributed by atoms with Crippen molar-refractivity contribution in [2.24, 2.45) is 11.8 Å². The van der Waals surface area contributed by atoms with Gasteiger partial charge in [-0.05, 0) is 30.5 Å². The molecule has 2 aliphatic rings. The lowest BCUT2D eigenvalue weighted by atomic mass is 10.2. The molecule has 7 heteroatoms. The van der Waals surface area contributed by atoms with Gasteiger partial charge in [0.2, 0.25) is 11.8 Å². The highest BCUT2D eigenvalue weighted by atomic mass is 16.5. The van der Waals surface area contributed by atoms with Crippen LogP contribution in [0.4, 0.5) is 0 Å². The first-order valence-corrected chi connectivity index (χ1v) is 9.37. The van der Waals surface area contributed by atoms with E-state index in [0.717, 1.165) is 44.8 Å². The molecular formula is C19H28N4O3. The van der Waals surface area contributed by atoms with Gasteiger partial charge in [-0.3, -0.25) is 19.5 Å². The molecule has 7 nitrogen and oxygen atoms in total. The van der Waals surface area contributed by atoms with Gasteiger partial charge >= 0.3 is 0 Å². The lowest BCUT2D eigenvalue weighted by molar-refractivity contribution is -0.133. The molecule has 1 saturated carbocycles. The average Bonchev–Trinajstić information content (AvgIpc) is 3.48. The Morgan fingerprint density at radius 1 is 1.27 bits per heavy atom. The second-order valence-corrected chi connectivity index (χ2v) is 7.06. The van der Waals surface area contributed by atoms with Gasteiger partial charge in [0.1, 0.15) is 0 Å². The number of morpholine rings is 1. The fraction of sp³-hybridized carbons (Fsp3) is 0.632. The van der Waals surface area contributed by atoms with Gasteiger partial charge in [0, 0.05) is 52.2 Å². The number of nitrogens with zero attached hydrogens (tertiary/aromatic N) is 3. The van der Waals surface area contributed by atoms with E-state index < -0.39 is 0 Å². The van der Waals surface area contributed by atoms with E-state index >= 15 is 0 Å². The Morgan fingerprint density at radius 2 is 2.00 bits per heavy atom. The molecule has 1 aliphatic heterocycles. The number of hydrogen-bond donors (Lipinski definition) is 1. The van der Waals surface area contributed by atoms with E-state index in [-0.39, 0.29) is 23.7 Å². The maximum Gasteiger partial charge on any atom is 0.226 e. The second-order valence-electron chi connectivity index (χ2n) is 7.06. The summed E-state index contributed by atoms with van der Waals surface area (Å²) in [6.45, 7) is 5.49. The number of nitrogens with one attached hydrogen (secondary N) is 1. The number of likely N-dealkylation sites (N-methyl/N-ethyl adjacent to an activating group) is 1. The van der Waals surface area contributed by atoms with E-state index in [1.807, 2.05) is 19.2 Å². The Balaban J connectivity index is 1.34. The summed E-state index contributed by atoms with van der Waals surface area (Å²) in [5, 5.41) is 2.97. The Morgan fingerprint density at radius 3 is 2.73 bits per heavy atom. The van der Waals surface area contributed by atoms with Crippen molar-refractivity contribution < 1.29 is 14.3 Å². The minimum Gasteiger partial charge on any atom is -0.379 e. The van der Waals surface area contributed by atoms with Crippen molar-refractivity contribution in [1.29, 1.82) is 0 Å². The van der Waals surface area contributed by atoms with E-state index in [1.165, 1.54) is 0 Å².